The van der Waals surface area contributed by atoms with Crippen LogP contribution in [-0.4, -0.2) is 75.8 Å². The lowest BCUT2D eigenvalue weighted by molar-refractivity contribution is -0.154. The largest absolute Gasteiger partial charge is 0.465 e. The molecule has 9 heteroatoms. The second-order valence-electron chi connectivity index (χ2n) is 5.63. The zero-order valence-corrected chi connectivity index (χ0v) is 15.6. The Morgan fingerprint density at radius 3 is 1.73 bits per heavy atom. The summed E-state index contributed by atoms with van der Waals surface area (Å²) in [5.74, 6) is -2.25. The monoisotopic (exact) mass is 373 g/mol. The number of hydrogen-bond donors (Lipinski definition) is 0. The van der Waals surface area contributed by atoms with Crippen LogP contribution in [0, 0.1) is 0 Å². The van der Waals surface area contributed by atoms with Crippen molar-refractivity contribution in [2.45, 2.75) is 26.2 Å². The second kappa shape index (κ2) is 13.8. The molecule has 0 heterocycles. The van der Waals surface area contributed by atoms with Crippen LogP contribution >= 0.6 is 0 Å². The van der Waals surface area contributed by atoms with E-state index in [4.69, 9.17) is 18.9 Å². The molecule has 0 N–H and O–H groups in total. The van der Waals surface area contributed by atoms with E-state index in [2.05, 4.69) is 6.58 Å². The van der Waals surface area contributed by atoms with E-state index < -0.39 is 23.9 Å². The van der Waals surface area contributed by atoms with E-state index in [0.29, 0.717) is 6.54 Å². The Balaban J connectivity index is 3.66. The Labute approximate surface area is 153 Å². The molecule has 0 rings (SSSR count). The molecule has 26 heavy (non-hydrogen) atoms. The number of carbonyl (C=O) groups is 4. The van der Waals surface area contributed by atoms with Crippen LogP contribution in [0.1, 0.15) is 26.2 Å². The SMILES string of the molecule is C=C(C)C(=O)OCCOC(=O)CCC(=O)OCCC(=O)OCCN(C)C. The Morgan fingerprint density at radius 2 is 1.19 bits per heavy atom. The molecule has 0 aliphatic heterocycles. The number of carbonyl (C=O) groups excluding carboxylic acids is 4. The highest BCUT2D eigenvalue weighted by atomic mass is 16.6. The number of rotatable bonds is 13. The number of esters is 4. The summed E-state index contributed by atoms with van der Waals surface area (Å²) in [5.41, 5.74) is 0.251. The van der Waals surface area contributed by atoms with E-state index in [-0.39, 0.29) is 51.3 Å². The van der Waals surface area contributed by atoms with Gasteiger partial charge in [0.2, 0.25) is 0 Å². The highest BCUT2D eigenvalue weighted by molar-refractivity contribution is 5.86. The van der Waals surface area contributed by atoms with Crippen LogP contribution in [0.4, 0.5) is 0 Å². The summed E-state index contributed by atoms with van der Waals surface area (Å²) in [6.45, 7) is 5.50. The summed E-state index contributed by atoms with van der Waals surface area (Å²) in [7, 11) is 3.71. The van der Waals surface area contributed by atoms with E-state index >= 15 is 0 Å². The third-order valence-corrected chi connectivity index (χ3v) is 2.83. The van der Waals surface area contributed by atoms with Crippen molar-refractivity contribution in [2.24, 2.45) is 0 Å². The molecule has 0 atom stereocenters. The summed E-state index contributed by atoms with van der Waals surface area (Å²) in [5, 5.41) is 0. The average molecular weight is 373 g/mol. The molecule has 0 saturated heterocycles. The molecular formula is C17H27NO8. The number of ether oxygens (including phenoxy) is 4. The fourth-order valence-electron chi connectivity index (χ4n) is 1.42. The van der Waals surface area contributed by atoms with Gasteiger partial charge < -0.3 is 23.8 Å². The fourth-order valence-corrected chi connectivity index (χ4v) is 1.42. The van der Waals surface area contributed by atoms with Crippen LogP contribution in [0.15, 0.2) is 12.2 Å². The van der Waals surface area contributed by atoms with Gasteiger partial charge in [0.25, 0.3) is 0 Å². The molecule has 0 aliphatic carbocycles. The van der Waals surface area contributed by atoms with Gasteiger partial charge in [-0.3, -0.25) is 14.4 Å². The molecule has 0 unspecified atom stereocenters. The van der Waals surface area contributed by atoms with E-state index in [1.165, 1.54) is 6.92 Å². The maximum atomic E-state index is 11.5. The third-order valence-electron chi connectivity index (χ3n) is 2.83. The minimum atomic E-state index is -0.614. The van der Waals surface area contributed by atoms with Gasteiger partial charge in [0.1, 0.15) is 26.4 Å². The van der Waals surface area contributed by atoms with Gasteiger partial charge in [-0.2, -0.15) is 0 Å². The molecule has 0 aromatic rings. The predicted molar refractivity (Wildman–Crippen MR) is 91.1 cm³/mol. The molecule has 0 aromatic heterocycles. The summed E-state index contributed by atoms with van der Waals surface area (Å²) in [6, 6.07) is 0. The summed E-state index contributed by atoms with van der Waals surface area (Å²) < 4.78 is 19.3. The van der Waals surface area contributed by atoms with Gasteiger partial charge in [-0.25, -0.2) is 4.79 Å². The quantitative estimate of drug-likeness (QED) is 0.197. The van der Waals surface area contributed by atoms with E-state index in [9.17, 15) is 19.2 Å². The summed E-state index contributed by atoms with van der Waals surface area (Å²) >= 11 is 0. The molecule has 0 fully saturated rings. The van der Waals surface area contributed by atoms with Gasteiger partial charge in [0.05, 0.1) is 19.3 Å². The van der Waals surface area contributed by atoms with Gasteiger partial charge in [-0.15, -0.1) is 0 Å². The Kier molecular flexibility index (Phi) is 12.5. The number of likely N-dealkylation sites (N-methyl/N-ethyl adjacent to an activating group) is 1. The van der Waals surface area contributed by atoms with Crippen molar-refractivity contribution in [3.8, 4) is 0 Å². The lowest BCUT2D eigenvalue weighted by Crippen LogP contribution is -2.21. The zero-order valence-electron chi connectivity index (χ0n) is 15.6. The lowest BCUT2D eigenvalue weighted by Gasteiger charge is -2.10. The fraction of sp³-hybridized carbons (Fsp3) is 0.647. The van der Waals surface area contributed by atoms with E-state index in [1.54, 1.807) is 0 Å². The van der Waals surface area contributed by atoms with Crippen molar-refractivity contribution in [3.63, 3.8) is 0 Å². The minimum Gasteiger partial charge on any atom is -0.465 e. The van der Waals surface area contributed by atoms with Gasteiger partial charge in [0, 0.05) is 12.1 Å². The first kappa shape index (κ1) is 23.6. The molecule has 0 aromatic carbocycles. The van der Waals surface area contributed by atoms with E-state index in [1.807, 2.05) is 19.0 Å². The molecule has 0 saturated carbocycles. The average Bonchev–Trinajstić information content (AvgIpc) is 2.56. The Hall–Kier alpha value is -2.42. The first-order chi connectivity index (χ1) is 12.2. The van der Waals surface area contributed by atoms with Crippen molar-refractivity contribution in [2.75, 3.05) is 47.1 Å². The highest BCUT2D eigenvalue weighted by Gasteiger charge is 2.11. The molecule has 0 radical (unpaired) electrons. The lowest BCUT2D eigenvalue weighted by atomic mass is 10.3. The maximum Gasteiger partial charge on any atom is 0.333 e. The van der Waals surface area contributed by atoms with Gasteiger partial charge in [-0.05, 0) is 21.0 Å². The van der Waals surface area contributed by atoms with Crippen LogP contribution < -0.4 is 0 Å². The molecule has 9 nitrogen and oxygen atoms in total. The molecule has 0 aliphatic rings. The van der Waals surface area contributed by atoms with Gasteiger partial charge in [0.15, 0.2) is 0 Å². The normalized spacial score (nSPS) is 10.2. The minimum absolute atomic E-state index is 0.0439. The van der Waals surface area contributed by atoms with Crippen molar-refractivity contribution in [3.05, 3.63) is 12.2 Å². The Bertz CT molecular complexity index is 501. The van der Waals surface area contributed by atoms with Crippen LogP contribution in [0.25, 0.3) is 0 Å². The molecule has 0 spiro atoms. The van der Waals surface area contributed by atoms with Crippen molar-refractivity contribution < 1.29 is 38.1 Å². The van der Waals surface area contributed by atoms with Crippen molar-refractivity contribution >= 4 is 23.9 Å². The number of hydrogen-bond acceptors (Lipinski definition) is 9. The van der Waals surface area contributed by atoms with Crippen LogP contribution in [-0.2, 0) is 38.1 Å². The first-order valence-electron chi connectivity index (χ1n) is 8.16. The summed E-state index contributed by atoms with van der Waals surface area (Å²) in [4.78, 5) is 47.2. The first-order valence-corrected chi connectivity index (χ1v) is 8.16. The van der Waals surface area contributed by atoms with Crippen LogP contribution in [0.5, 0.6) is 0 Å². The van der Waals surface area contributed by atoms with Crippen molar-refractivity contribution in [1.82, 2.24) is 4.90 Å². The molecule has 148 valence electrons. The maximum absolute atomic E-state index is 11.5. The number of nitrogens with zero attached hydrogens (tertiary/aromatic N) is 1. The van der Waals surface area contributed by atoms with E-state index in [0.717, 1.165) is 0 Å². The van der Waals surface area contributed by atoms with Gasteiger partial charge in [-0.1, -0.05) is 6.58 Å². The topological polar surface area (TPSA) is 108 Å². The van der Waals surface area contributed by atoms with Crippen LogP contribution in [0.2, 0.25) is 0 Å². The van der Waals surface area contributed by atoms with Crippen molar-refractivity contribution in [1.29, 1.82) is 0 Å². The Morgan fingerprint density at radius 1 is 0.731 bits per heavy atom. The third kappa shape index (κ3) is 14.0. The molecule has 0 amide bonds. The molecule has 0 bridgehead atoms. The predicted octanol–water partition coefficient (Wildman–Crippen LogP) is 0.467. The smallest absolute Gasteiger partial charge is 0.333 e. The highest BCUT2D eigenvalue weighted by Crippen LogP contribution is 1.98. The standard InChI is InChI=1S/C17H27NO8/c1-13(2)17(22)26-12-11-25-15(20)6-5-14(19)23-9-7-16(21)24-10-8-18(3)4/h1,5-12H2,2-4H3. The second-order valence-corrected chi connectivity index (χ2v) is 5.63. The summed E-state index contributed by atoms with van der Waals surface area (Å²) in [6.07, 6.45) is -0.377. The van der Waals surface area contributed by atoms with Crippen LogP contribution in [0.3, 0.4) is 0 Å². The van der Waals surface area contributed by atoms with Gasteiger partial charge >= 0.3 is 23.9 Å². The molecular weight excluding hydrogens is 346 g/mol. The zero-order chi connectivity index (χ0) is 19.9.